The summed E-state index contributed by atoms with van der Waals surface area (Å²) in [5.41, 5.74) is 4.36. The Morgan fingerprint density at radius 1 is 1.20 bits per heavy atom. The van der Waals surface area contributed by atoms with Gasteiger partial charge in [0.2, 0.25) is 5.91 Å². The van der Waals surface area contributed by atoms with Crippen LogP contribution in [0.3, 0.4) is 0 Å². The predicted molar refractivity (Wildman–Crippen MR) is 97.1 cm³/mol. The molecule has 1 N–H and O–H groups in total. The number of para-hydroxylation sites is 1. The summed E-state index contributed by atoms with van der Waals surface area (Å²) >= 11 is 1.64. The summed E-state index contributed by atoms with van der Waals surface area (Å²) < 4.78 is 5.23. The zero-order valence-electron chi connectivity index (χ0n) is 13.3. The average molecular weight is 349 g/mol. The van der Waals surface area contributed by atoms with E-state index in [2.05, 4.69) is 20.8 Å². The molecular weight excluding hydrogens is 334 g/mol. The molecule has 0 aliphatic rings. The van der Waals surface area contributed by atoms with E-state index in [9.17, 15) is 4.79 Å². The van der Waals surface area contributed by atoms with Crippen molar-refractivity contribution in [2.24, 2.45) is 0 Å². The lowest BCUT2D eigenvalue weighted by atomic mass is 10.1. The fourth-order valence-corrected chi connectivity index (χ4v) is 3.28. The van der Waals surface area contributed by atoms with Crippen molar-refractivity contribution in [2.45, 2.75) is 13.0 Å². The molecule has 4 rings (SSSR count). The van der Waals surface area contributed by atoms with Gasteiger partial charge in [0.25, 0.3) is 0 Å². The number of pyridine rings is 1. The standard InChI is InChI=1S/C19H15N3O2S/c23-19(10-17-15-3-1-2-4-18(15)24-22-17)21-11-13-5-7-20-16(9-13)14-6-8-25-12-14/h1-9,12H,10-11H2,(H,21,23). The highest BCUT2D eigenvalue weighted by molar-refractivity contribution is 7.08. The number of nitrogens with one attached hydrogen (secondary N) is 1. The minimum absolute atomic E-state index is 0.0899. The molecule has 0 bridgehead atoms. The number of hydrogen-bond donors (Lipinski definition) is 1. The van der Waals surface area contributed by atoms with Crippen molar-refractivity contribution in [3.05, 3.63) is 70.7 Å². The van der Waals surface area contributed by atoms with E-state index in [1.165, 1.54) is 0 Å². The Hall–Kier alpha value is -2.99. The fraction of sp³-hybridized carbons (Fsp3) is 0.105. The lowest BCUT2D eigenvalue weighted by molar-refractivity contribution is -0.120. The van der Waals surface area contributed by atoms with Crippen LogP contribution < -0.4 is 5.32 Å². The highest BCUT2D eigenvalue weighted by Gasteiger charge is 2.12. The van der Waals surface area contributed by atoms with Crippen LogP contribution in [0.25, 0.3) is 22.2 Å². The Kier molecular flexibility index (Phi) is 4.26. The number of thiophene rings is 1. The van der Waals surface area contributed by atoms with Crippen LogP contribution in [0.4, 0.5) is 0 Å². The second-order valence-electron chi connectivity index (χ2n) is 5.64. The zero-order valence-corrected chi connectivity index (χ0v) is 14.1. The van der Waals surface area contributed by atoms with Gasteiger partial charge in [0.1, 0.15) is 5.69 Å². The van der Waals surface area contributed by atoms with Crippen LogP contribution in [0.5, 0.6) is 0 Å². The highest BCUT2D eigenvalue weighted by atomic mass is 32.1. The third-order valence-electron chi connectivity index (χ3n) is 3.91. The van der Waals surface area contributed by atoms with Crippen LogP contribution in [-0.2, 0) is 17.8 Å². The molecule has 0 atom stereocenters. The second kappa shape index (κ2) is 6.86. The van der Waals surface area contributed by atoms with Crippen molar-refractivity contribution in [3.63, 3.8) is 0 Å². The maximum Gasteiger partial charge on any atom is 0.226 e. The number of aromatic nitrogens is 2. The number of fused-ring (bicyclic) bond motifs is 1. The summed E-state index contributed by atoms with van der Waals surface area (Å²) in [6.07, 6.45) is 1.96. The molecule has 0 radical (unpaired) electrons. The molecule has 5 nitrogen and oxygen atoms in total. The molecule has 124 valence electrons. The number of hydrogen-bond acceptors (Lipinski definition) is 5. The van der Waals surface area contributed by atoms with E-state index in [-0.39, 0.29) is 12.3 Å². The molecule has 0 spiro atoms. The van der Waals surface area contributed by atoms with Gasteiger partial charge in [-0.2, -0.15) is 11.3 Å². The summed E-state index contributed by atoms with van der Waals surface area (Å²) in [6.45, 7) is 0.453. The van der Waals surface area contributed by atoms with Crippen LogP contribution in [-0.4, -0.2) is 16.0 Å². The van der Waals surface area contributed by atoms with Gasteiger partial charge in [0.15, 0.2) is 5.58 Å². The monoisotopic (exact) mass is 349 g/mol. The van der Waals surface area contributed by atoms with Gasteiger partial charge in [0.05, 0.1) is 12.1 Å². The summed E-state index contributed by atoms with van der Waals surface area (Å²) in [5.74, 6) is -0.0899. The normalized spacial score (nSPS) is 10.9. The molecule has 25 heavy (non-hydrogen) atoms. The SMILES string of the molecule is O=C(Cc1noc2ccccc12)NCc1ccnc(-c2ccsc2)c1. The smallest absolute Gasteiger partial charge is 0.226 e. The summed E-state index contributed by atoms with van der Waals surface area (Å²) in [5, 5.41) is 11.9. The van der Waals surface area contributed by atoms with Crippen molar-refractivity contribution in [2.75, 3.05) is 0 Å². The van der Waals surface area contributed by atoms with E-state index >= 15 is 0 Å². The molecule has 0 unspecified atom stereocenters. The Bertz CT molecular complexity index is 1010. The molecule has 0 saturated heterocycles. The van der Waals surface area contributed by atoms with Gasteiger partial charge < -0.3 is 9.84 Å². The van der Waals surface area contributed by atoms with E-state index in [1.54, 1.807) is 17.5 Å². The first kappa shape index (κ1) is 15.5. The van der Waals surface area contributed by atoms with Gasteiger partial charge >= 0.3 is 0 Å². The quantitative estimate of drug-likeness (QED) is 0.595. The average Bonchev–Trinajstić information content (AvgIpc) is 3.31. The van der Waals surface area contributed by atoms with Crippen molar-refractivity contribution < 1.29 is 9.32 Å². The van der Waals surface area contributed by atoms with Gasteiger partial charge in [-0.15, -0.1) is 0 Å². The lowest BCUT2D eigenvalue weighted by Gasteiger charge is -2.06. The van der Waals surface area contributed by atoms with Crippen molar-refractivity contribution >= 4 is 28.2 Å². The summed E-state index contributed by atoms with van der Waals surface area (Å²) in [6, 6.07) is 13.5. The molecule has 3 aromatic heterocycles. The minimum Gasteiger partial charge on any atom is -0.356 e. The molecule has 1 aromatic carbocycles. The van der Waals surface area contributed by atoms with Gasteiger partial charge in [-0.05, 0) is 41.3 Å². The largest absolute Gasteiger partial charge is 0.356 e. The molecule has 0 aliphatic carbocycles. The number of benzene rings is 1. The maximum absolute atomic E-state index is 12.2. The van der Waals surface area contributed by atoms with Crippen molar-refractivity contribution in [1.82, 2.24) is 15.5 Å². The number of nitrogens with zero attached hydrogens (tertiary/aromatic N) is 2. The number of carbonyl (C=O) groups is 1. The van der Waals surface area contributed by atoms with E-state index < -0.39 is 0 Å². The number of rotatable bonds is 5. The fourth-order valence-electron chi connectivity index (χ4n) is 2.63. The third kappa shape index (κ3) is 3.44. The van der Waals surface area contributed by atoms with Gasteiger partial charge in [-0.3, -0.25) is 9.78 Å². The van der Waals surface area contributed by atoms with Crippen molar-refractivity contribution in [3.8, 4) is 11.3 Å². The summed E-state index contributed by atoms with van der Waals surface area (Å²) in [7, 11) is 0. The zero-order chi connectivity index (χ0) is 17.1. The number of carbonyl (C=O) groups excluding carboxylic acids is 1. The van der Waals surface area contributed by atoms with E-state index in [0.29, 0.717) is 17.8 Å². The van der Waals surface area contributed by atoms with Gasteiger partial charge in [0, 0.05) is 29.1 Å². The van der Waals surface area contributed by atoms with Gasteiger partial charge in [-0.1, -0.05) is 17.3 Å². The van der Waals surface area contributed by atoms with Crippen LogP contribution >= 0.6 is 11.3 Å². The van der Waals surface area contributed by atoms with Crippen LogP contribution in [0, 0.1) is 0 Å². The molecular formula is C19H15N3O2S. The molecule has 0 aliphatic heterocycles. The van der Waals surface area contributed by atoms with E-state index in [1.807, 2.05) is 47.8 Å². The Labute approximate surface area is 148 Å². The molecule has 0 saturated carbocycles. The summed E-state index contributed by atoms with van der Waals surface area (Å²) in [4.78, 5) is 16.6. The minimum atomic E-state index is -0.0899. The molecule has 6 heteroatoms. The highest BCUT2D eigenvalue weighted by Crippen LogP contribution is 2.21. The number of amides is 1. The predicted octanol–water partition coefficient (Wildman–Crippen LogP) is 3.81. The van der Waals surface area contributed by atoms with Crippen molar-refractivity contribution in [1.29, 1.82) is 0 Å². The van der Waals surface area contributed by atoms with Crippen LogP contribution in [0.1, 0.15) is 11.3 Å². The van der Waals surface area contributed by atoms with Crippen LogP contribution in [0.2, 0.25) is 0 Å². The Balaban J connectivity index is 1.41. The molecule has 1 amide bonds. The van der Waals surface area contributed by atoms with E-state index in [0.717, 1.165) is 22.2 Å². The Morgan fingerprint density at radius 3 is 3.00 bits per heavy atom. The maximum atomic E-state index is 12.2. The first-order valence-corrected chi connectivity index (χ1v) is 8.81. The molecule has 4 aromatic rings. The molecule has 3 heterocycles. The van der Waals surface area contributed by atoms with Gasteiger partial charge in [-0.25, -0.2) is 0 Å². The third-order valence-corrected chi connectivity index (χ3v) is 4.59. The molecule has 0 fully saturated rings. The van der Waals surface area contributed by atoms with E-state index in [4.69, 9.17) is 4.52 Å². The first-order valence-electron chi connectivity index (χ1n) is 7.87. The first-order chi connectivity index (χ1) is 12.3. The van der Waals surface area contributed by atoms with Crippen LogP contribution in [0.15, 0.2) is 63.9 Å². The second-order valence-corrected chi connectivity index (χ2v) is 6.42. The topological polar surface area (TPSA) is 68.0 Å². The lowest BCUT2D eigenvalue weighted by Crippen LogP contribution is -2.24. The Morgan fingerprint density at radius 2 is 2.12 bits per heavy atom.